The molecule has 3 aromatic rings. The highest BCUT2D eigenvalue weighted by atomic mass is 32.2. The normalized spacial score (nSPS) is 11.1. The van der Waals surface area contributed by atoms with Crippen LogP contribution >= 0.6 is 11.8 Å². The van der Waals surface area contributed by atoms with E-state index in [4.69, 9.17) is 10.2 Å². The third-order valence-corrected chi connectivity index (χ3v) is 3.73. The fourth-order valence-electron chi connectivity index (χ4n) is 1.79. The number of nitrogens with zero attached hydrogens (tertiary/aromatic N) is 1. The zero-order valence-electron chi connectivity index (χ0n) is 10.3. The molecule has 0 saturated heterocycles. The number of hydrogen-bond donors (Lipinski definition) is 1. The number of benzene rings is 2. The van der Waals surface area contributed by atoms with Gasteiger partial charge in [-0.05, 0) is 30.3 Å². The van der Waals surface area contributed by atoms with E-state index in [0.717, 1.165) is 12.1 Å². The van der Waals surface area contributed by atoms with Gasteiger partial charge in [-0.3, -0.25) is 0 Å². The minimum atomic E-state index is -0.864. The van der Waals surface area contributed by atoms with Crippen molar-refractivity contribution in [3.05, 3.63) is 53.9 Å². The Labute approximate surface area is 117 Å². The van der Waals surface area contributed by atoms with E-state index in [1.54, 1.807) is 18.2 Å². The predicted molar refractivity (Wildman–Crippen MR) is 74.3 cm³/mol. The van der Waals surface area contributed by atoms with Gasteiger partial charge >= 0.3 is 0 Å². The third-order valence-electron chi connectivity index (χ3n) is 2.75. The van der Waals surface area contributed by atoms with E-state index >= 15 is 0 Å². The molecule has 0 atom stereocenters. The van der Waals surface area contributed by atoms with Gasteiger partial charge in [0, 0.05) is 4.90 Å². The number of anilines is 1. The van der Waals surface area contributed by atoms with Crippen LogP contribution in [0.1, 0.15) is 5.89 Å². The van der Waals surface area contributed by atoms with Crippen LogP contribution in [0.15, 0.2) is 45.7 Å². The molecule has 0 fully saturated rings. The molecule has 2 aromatic carbocycles. The number of hydrogen-bond acceptors (Lipinski definition) is 4. The highest BCUT2D eigenvalue weighted by Gasteiger charge is 2.09. The monoisotopic (exact) mass is 292 g/mol. The highest BCUT2D eigenvalue weighted by molar-refractivity contribution is 7.98. The number of nitrogen functional groups attached to an aromatic ring is 1. The number of oxazole rings is 1. The Kier molecular flexibility index (Phi) is 3.31. The standard InChI is InChI=1S/C14H10F2N2OS/c15-9-5-4-8(6-10(9)16)20-7-13-18-14-11(17)2-1-3-12(14)19-13/h1-6H,7,17H2. The second kappa shape index (κ2) is 5.13. The molecular formula is C14H10F2N2OS. The van der Waals surface area contributed by atoms with Crippen LogP contribution in [0.2, 0.25) is 0 Å². The molecule has 3 rings (SSSR count). The van der Waals surface area contributed by atoms with Gasteiger partial charge in [-0.2, -0.15) is 0 Å². The summed E-state index contributed by atoms with van der Waals surface area (Å²) in [5, 5.41) is 0. The van der Waals surface area contributed by atoms with E-state index in [2.05, 4.69) is 4.98 Å². The lowest BCUT2D eigenvalue weighted by atomic mass is 10.3. The van der Waals surface area contributed by atoms with E-state index in [-0.39, 0.29) is 0 Å². The summed E-state index contributed by atoms with van der Waals surface area (Å²) in [5.74, 6) is -0.812. The Bertz CT molecular complexity index is 773. The first-order chi connectivity index (χ1) is 9.63. The molecule has 0 saturated carbocycles. The van der Waals surface area contributed by atoms with Gasteiger partial charge in [0.15, 0.2) is 17.2 Å². The first kappa shape index (κ1) is 12.9. The number of para-hydroxylation sites is 1. The molecule has 0 amide bonds. The van der Waals surface area contributed by atoms with Gasteiger partial charge in [0.05, 0.1) is 11.4 Å². The maximum atomic E-state index is 13.1. The van der Waals surface area contributed by atoms with Crippen LogP contribution < -0.4 is 5.73 Å². The summed E-state index contributed by atoms with van der Waals surface area (Å²) in [7, 11) is 0. The Morgan fingerprint density at radius 1 is 1.15 bits per heavy atom. The van der Waals surface area contributed by atoms with Gasteiger partial charge < -0.3 is 10.2 Å². The summed E-state index contributed by atoms with van der Waals surface area (Å²) in [4.78, 5) is 4.90. The molecule has 1 heterocycles. The Balaban J connectivity index is 1.79. The van der Waals surface area contributed by atoms with Crippen LogP contribution in [-0.2, 0) is 5.75 Å². The van der Waals surface area contributed by atoms with E-state index < -0.39 is 11.6 Å². The van der Waals surface area contributed by atoms with Gasteiger partial charge in [-0.25, -0.2) is 13.8 Å². The molecule has 0 unspecified atom stereocenters. The molecule has 20 heavy (non-hydrogen) atoms. The second-order valence-electron chi connectivity index (χ2n) is 4.17. The molecule has 0 spiro atoms. The molecule has 0 radical (unpaired) electrons. The fourth-order valence-corrected chi connectivity index (χ4v) is 2.55. The van der Waals surface area contributed by atoms with Crippen molar-refractivity contribution >= 4 is 28.5 Å². The minimum Gasteiger partial charge on any atom is -0.440 e. The van der Waals surface area contributed by atoms with Crippen molar-refractivity contribution < 1.29 is 13.2 Å². The molecule has 0 aliphatic carbocycles. The summed E-state index contributed by atoms with van der Waals surface area (Å²) in [6.07, 6.45) is 0. The lowest BCUT2D eigenvalue weighted by Gasteiger charge is -1.99. The number of halogens is 2. The van der Waals surface area contributed by atoms with E-state index in [1.165, 1.54) is 17.8 Å². The average Bonchev–Trinajstić information content (AvgIpc) is 2.85. The van der Waals surface area contributed by atoms with Crippen molar-refractivity contribution in [3.8, 4) is 0 Å². The van der Waals surface area contributed by atoms with E-state index in [9.17, 15) is 8.78 Å². The molecule has 6 heteroatoms. The van der Waals surface area contributed by atoms with Gasteiger partial charge in [-0.15, -0.1) is 11.8 Å². The molecule has 0 bridgehead atoms. The van der Waals surface area contributed by atoms with Crippen LogP contribution in [0.4, 0.5) is 14.5 Å². The molecule has 102 valence electrons. The first-order valence-corrected chi connectivity index (χ1v) is 6.84. The van der Waals surface area contributed by atoms with Crippen molar-refractivity contribution in [1.29, 1.82) is 0 Å². The maximum Gasteiger partial charge on any atom is 0.205 e. The van der Waals surface area contributed by atoms with E-state index in [1.807, 2.05) is 0 Å². The minimum absolute atomic E-state index is 0.416. The third kappa shape index (κ3) is 2.46. The Morgan fingerprint density at radius 3 is 2.75 bits per heavy atom. The number of rotatable bonds is 3. The van der Waals surface area contributed by atoms with Crippen molar-refractivity contribution in [1.82, 2.24) is 4.98 Å². The SMILES string of the molecule is Nc1cccc2oc(CSc3ccc(F)c(F)c3)nc12. The zero-order chi connectivity index (χ0) is 14.1. The Hall–Kier alpha value is -2.08. The first-order valence-electron chi connectivity index (χ1n) is 5.85. The number of nitrogens with two attached hydrogens (primary N) is 1. The summed E-state index contributed by atoms with van der Waals surface area (Å²) in [6, 6.07) is 9.08. The number of fused-ring (bicyclic) bond motifs is 1. The van der Waals surface area contributed by atoms with Crippen molar-refractivity contribution in [2.45, 2.75) is 10.6 Å². The summed E-state index contributed by atoms with van der Waals surface area (Å²) in [6.45, 7) is 0. The smallest absolute Gasteiger partial charge is 0.205 e. The van der Waals surface area contributed by atoms with E-state index in [0.29, 0.717) is 33.3 Å². The van der Waals surface area contributed by atoms with Gasteiger partial charge in [0.25, 0.3) is 0 Å². The van der Waals surface area contributed by atoms with Crippen LogP contribution in [0, 0.1) is 11.6 Å². The molecular weight excluding hydrogens is 282 g/mol. The highest BCUT2D eigenvalue weighted by Crippen LogP contribution is 2.27. The summed E-state index contributed by atoms with van der Waals surface area (Å²) in [5.41, 5.74) is 7.58. The zero-order valence-corrected chi connectivity index (χ0v) is 11.1. The molecule has 0 aliphatic rings. The topological polar surface area (TPSA) is 52.0 Å². The quantitative estimate of drug-likeness (QED) is 0.586. The Morgan fingerprint density at radius 2 is 2.00 bits per heavy atom. The van der Waals surface area contributed by atoms with Crippen LogP contribution in [-0.4, -0.2) is 4.98 Å². The van der Waals surface area contributed by atoms with Gasteiger partial charge in [0.1, 0.15) is 5.52 Å². The van der Waals surface area contributed by atoms with Crippen LogP contribution in [0.3, 0.4) is 0 Å². The van der Waals surface area contributed by atoms with Crippen molar-refractivity contribution in [3.63, 3.8) is 0 Å². The second-order valence-corrected chi connectivity index (χ2v) is 5.21. The molecule has 3 nitrogen and oxygen atoms in total. The predicted octanol–water partition coefficient (Wildman–Crippen LogP) is 3.98. The lowest BCUT2D eigenvalue weighted by Crippen LogP contribution is -1.86. The fraction of sp³-hybridized carbons (Fsp3) is 0.0714. The van der Waals surface area contributed by atoms with Crippen LogP contribution in [0.25, 0.3) is 11.1 Å². The number of aromatic nitrogens is 1. The largest absolute Gasteiger partial charge is 0.440 e. The van der Waals surface area contributed by atoms with Gasteiger partial charge in [-0.1, -0.05) is 6.07 Å². The van der Waals surface area contributed by atoms with Crippen molar-refractivity contribution in [2.75, 3.05) is 5.73 Å². The van der Waals surface area contributed by atoms with Crippen LogP contribution in [0.5, 0.6) is 0 Å². The molecule has 1 aromatic heterocycles. The van der Waals surface area contributed by atoms with Gasteiger partial charge in [0.2, 0.25) is 5.89 Å². The maximum absolute atomic E-state index is 13.1. The van der Waals surface area contributed by atoms with Crippen molar-refractivity contribution in [2.24, 2.45) is 0 Å². The number of thioether (sulfide) groups is 1. The summed E-state index contributed by atoms with van der Waals surface area (Å²) < 4.78 is 31.4. The molecule has 0 aliphatic heterocycles. The summed E-state index contributed by atoms with van der Waals surface area (Å²) >= 11 is 1.31. The molecule has 2 N–H and O–H groups in total. The average molecular weight is 292 g/mol. The lowest BCUT2D eigenvalue weighted by molar-refractivity contribution is 0.506.